The molecule has 0 spiro atoms. The Bertz CT molecular complexity index is 804. The third kappa shape index (κ3) is 4.66. The van der Waals surface area contributed by atoms with Crippen LogP contribution < -0.4 is 5.32 Å². The van der Waals surface area contributed by atoms with Gasteiger partial charge in [0.25, 0.3) is 0 Å². The molecule has 1 N–H and O–H groups in total. The van der Waals surface area contributed by atoms with Crippen LogP contribution in [0.15, 0.2) is 48.1 Å². The van der Waals surface area contributed by atoms with Crippen molar-refractivity contribution in [3.8, 4) is 11.4 Å². The molecular weight excluding hydrogens is 368 g/mol. The Morgan fingerprint density at radius 1 is 1.32 bits per heavy atom. The van der Waals surface area contributed by atoms with E-state index in [1.54, 1.807) is 0 Å². The highest BCUT2D eigenvalue weighted by Gasteiger charge is 2.30. The number of hydrogen-bond acceptors (Lipinski definition) is 4. The molecule has 3 rings (SSSR count). The lowest BCUT2D eigenvalue weighted by atomic mass is 9.78. The molecule has 1 aromatic carbocycles. The first-order chi connectivity index (χ1) is 13.5. The highest BCUT2D eigenvalue weighted by molar-refractivity contribution is 8.00. The van der Waals surface area contributed by atoms with Crippen LogP contribution in [-0.4, -0.2) is 32.0 Å². The second-order valence-corrected chi connectivity index (χ2v) is 9.02. The molecule has 4 atom stereocenters. The Morgan fingerprint density at radius 2 is 2.07 bits per heavy atom. The van der Waals surface area contributed by atoms with Crippen molar-refractivity contribution < 1.29 is 4.79 Å². The first-order valence-corrected chi connectivity index (χ1v) is 11.0. The molecule has 0 radical (unpaired) electrons. The molecule has 6 heteroatoms. The average Bonchev–Trinajstić information content (AvgIpc) is 3.08. The van der Waals surface area contributed by atoms with Crippen LogP contribution in [0.2, 0.25) is 0 Å². The van der Waals surface area contributed by atoms with Gasteiger partial charge in [-0.15, -0.1) is 16.8 Å². The zero-order valence-corrected chi connectivity index (χ0v) is 17.8. The number of allylic oxidation sites excluding steroid dienone is 1. The molecule has 1 aromatic heterocycles. The molecule has 1 amide bonds. The van der Waals surface area contributed by atoms with E-state index in [2.05, 4.69) is 35.9 Å². The Labute approximate surface area is 172 Å². The number of hydrogen-bond donors (Lipinski definition) is 1. The Kier molecular flexibility index (Phi) is 6.94. The number of carbonyl (C=O) groups excluding carboxylic acids is 1. The molecule has 150 valence electrons. The second-order valence-electron chi connectivity index (χ2n) is 7.71. The summed E-state index contributed by atoms with van der Waals surface area (Å²) >= 11 is 1.45. The first kappa shape index (κ1) is 20.6. The van der Waals surface area contributed by atoms with Crippen LogP contribution in [0.3, 0.4) is 0 Å². The van der Waals surface area contributed by atoms with Gasteiger partial charge in [-0.25, -0.2) is 0 Å². The maximum atomic E-state index is 12.8. The number of nitrogens with one attached hydrogen (secondary N) is 1. The SMILES string of the molecule is C=CCn1c(S[C@H](C)C(=O)N[C@H]2CCC[C@@H](C)[C@H]2C)nnc1-c1ccccc1. The molecule has 0 aliphatic heterocycles. The lowest BCUT2D eigenvalue weighted by Crippen LogP contribution is -2.46. The molecule has 1 saturated carbocycles. The van der Waals surface area contributed by atoms with Crippen molar-refractivity contribution in [1.29, 1.82) is 0 Å². The zero-order chi connectivity index (χ0) is 20.1. The highest BCUT2D eigenvalue weighted by Crippen LogP contribution is 2.31. The summed E-state index contributed by atoms with van der Waals surface area (Å²) in [6.45, 7) is 10.9. The maximum absolute atomic E-state index is 12.8. The maximum Gasteiger partial charge on any atom is 0.233 e. The molecule has 0 saturated heterocycles. The van der Waals surface area contributed by atoms with E-state index in [-0.39, 0.29) is 17.2 Å². The van der Waals surface area contributed by atoms with E-state index in [9.17, 15) is 4.79 Å². The van der Waals surface area contributed by atoms with E-state index in [4.69, 9.17) is 0 Å². The number of carbonyl (C=O) groups is 1. The monoisotopic (exact) mass is 398 g/mol. The van der Waals surface area contributed by atoms with Gasteiger partial charge in [0.15, 0.2) is 11.0 Å². The van der Waals surface area contributed by atoms with Crippen LogP contribution in [0.5, 0.6) is 0 Å². The van der Waals surface area contributed by atoms with Crippen LogP contribution in [0.1, 0.15) is 40.0 Å². The van der Waals surface area contributed by atoms with Crippen LogP contribution in [0, 0.1) is 11.8 Å². The molecule has 28 heavy (non-hydrogen) atoms. The van der Waals surface area contributed by atoms with Crippen molar-refractivity contribution in [3.05, 3.63) is 43.0 Å². The third-order valence-corrected chi connectivity index (χ3v) is 6.83. The second kappa shape index (κ2) is 9.41. The molecule has 5 nitrogen and oxygen atoms in total. The van der Waals surface area contributed by atoms with Gasteiger partial charge in [-0.05, 0) is 25.2 Å². The summed E-state index contributed by atoms with van der Waals surface area (Å²) in [6.07, 6.45) is 5.34. The van der Waals surface area contributed by atoms with Crippen molar-refractivity contribution in [1.82, 2.24) is 20.1 Å². The van der Waals surface area contributed by atoms with Crippen molar-refractivity contribution in [2.75, 3.05) is 0 Å². The predicted octanol–water partition coefficient (Wildman–Crippen LogP) is 4.55. The third-order valence-electron chi connectivity index (χ3n) is 5.75. The smallest absolute Gasteiger partial charge is 0.233 e. The lowest BCUT2D eigenvalue weighted by molar-refractivity contribution is -0.121. The fourth-order valence-corrected chi connectivity index (χ4v) is 4.64. The summed E-state index contributed by atoms with van der Waals surface area (Å²) < 4.78 is 2.02. The molecule has 2 aromatic rings. The standard InChI is InChI=1S/C22H30N4OS/c1-5-14-26-20(18-11-7-6-8-12-18)24-25-22(26)28-17(4)21(27)23-19-13-9-10-15(2)16(19)3/h5-8,11-12,15-17,19H,1,9-10,13-14H2,2-4H3,(H,23,27)/t15-,16-,17-,19+/m1/s1. The predicted molar refractivity (Wildman–Crippen MR) is 115 cm³/mol. The van der Waals surface area contributed by atoms with Gasteiger partial charge in [-0.3, -0.25) is 9.36 Å². The summed E-state index contributed by atoms with van der Waals surface area (Å²) in [5.41, 5.74) is 1.01. The Hall–Kier alpha value is -2.08. The zero-order valence-electron chi connectivity index (χ0n) is 17.0. The largest absolute Gasteiger partial charge is 0.352 e. The fourth-order valence-electron chi connectivity index (χ4n) is 3.77. The van der Waals surface area contributed by atoms with Gasteiger partial charge >= 0.3 is 0 Å². The molecule has 1 aliphatic rings. The van der Waals surface area contributed by atoms with Crippen LogP contribution in [0.4, 0.5) is 0 Å². The number of amides is 1. The van der Waals surface area contributed by atoms with E-state index in [1.807, 2.05) is 47.9 Å². The summed E-state index contributed by atoms with van der Waals surface area (Å²) in [6, 6.07) is 10.2. The number of rotatable bonds is 7. The van der Waals surface area contributed by atoms with Gasteiger partial charge in [0.1, 0.15) is 0 Å². The summed E-state index contributed by atoms with van der Waals surface area (Å²) in [4.78, 5) is 12.8. The van der Waals surface area contributed by atoms with Crippen molar-refractivity contribution in [2.45, 2.75) is 63.0 Å². The molecule has 0 unspecified atom stereocenters. The van der Waals surface area contributed by atoms with E-state index in [0.717, 1.165) is 23.0 Å². The minimum Gasteiger partial charge on any atom is -0.352 e. The van der Waals surface area contributed by atoms with Crippen molar-refractivity contribution in [3.63, 3.8) is 0 Å². The van der Waals surface area contributed by atoms with E-state index in [1.165, 1.54) is 24.6 Å². The summed E-state index contributed by atoms with van der Waals surface area (Å²) in [7, 11) is 0. The minimum absolute atomic E-state index is 0.0744. The number of aromatic nitrogens is 3. The van der Waals surface area contributed by atoms with E-state index >= 15 is 0 Å². The van der Waals surface area contributed by atoms with Crippen LogP contribution >= 0.6 is 11.8 Å². The minimum atomic E-state index is -0.235. The van der Waals surface area contributed by atoms with E-state index < -0.39 is 0 Å². The molecule has 1 aliphatic carbocycles. The van der Waals surface area contributed by atoms with Crippen LogP contribution in [-0.2, 0) is 11.3 Å². The Balaban J connectivity index is 1.71. The van der Waals surface area contributed by atoms with Gasteiger partial charge in [0, 0.05) is 18.2 Å². The van der Waals surface area contributed by atoms with Crippen molar-refractivity contribution in [2.24, 2.45) is 11.8 Å². The number of benzene rings is 1. The molecule has 1 heterocycles. The summed E-state index contributed by atoms with van der Waals surface area (Å²) in [5, 5.41) is 12.5. The lowest BCUT2D eigenvalue weighted by Gasteiger charge is -2.35. The van der Waals surface area contributed by atoms with Gasteiger partial charge in [-0.1, -0.05) is 74.9 Å². The number of thioether (sulfide) groups is 1. The quantitative estimate of drug-likeness (QED) is 0.549. The normalized spacial score (nSPS) is 23.2. The van der Waals surface area contributed by atoms with Gasteiger partial charge < -0.3 is 5.32 Å². The molecule has 0 bridgehead atoms. The van der Waals surface area contributed by atoms with Crippen LogP contribution in [0.25, 0.3) is 11.4 Å². The van der Waals surface area contributed by atoms with E-state index in [0.29, 0.717) is 18.4 Å². The first-order valence-electron chi connectivity index (χ1n) is 10.1. The summed E-state index contributed by atoms with van der Waals surface area (Å²) in [5.74, 6) is 2.05. The average molecular weight is 399 g/mol. The van der Waals surface area contributed by atoms with Gasteiger partial charge in [0.05, 0.1) is 5.25 Å². The topological polar surface area (TPSA) is 59.8 Å². The van der Waals surface area contributed by atoms with Gasteiger partial charge in [-0.2, -0.15) is 0 Å². The molecule has 1 fully saturated rings. The Morgan fingerprint density at radius 3 is 2.79 bits per heavy atom. The number of nitrogens with zero attached hydrogens (tertiary/aromatic N) is 3. The molecular formula is C22H30N4OS. The van der Waals surface area contributed by atoms with Gasteiger partial charge in [0.2, 0.25) is 5.91 Å². The van der Waals surface area contributed by atoms with Crippen molar-refractivity contribution >= 4 is 17.7 Å². The highest BCUT2D eigenvalue weighted by atomic mass is 32.2. The fraction of sp³-hybridized carbons (Fsp3) is 0.500.